The average molecular weight is 935 g/mol. The number of allylic oxidation sites excluding steroid dienone is 1. The molecule has 0 radical (unpaired) electrons. The SMILES string of the molecule is C=CCCOC(=O)N(Cc1cccc2ccccc12)C1CC(=NOC2CCCCO2)C2=CC(CCCCO)C(CCCCO)C3c4cc(Oc5ccc6ccccc6c5)ccc4OC1(OCC=C)C23. The van der Waals surface area contributed by atoms with Crippen LogP contribution in [0.15, 0.2) is 145 Å². The Bertz CT molecular complexity index is 2630. The fourth-order valence-electron chi connectivity index (χ4n) is 11.2. The van der Waals surface area contributed by atoms with E-state index >= 15 is 4.79 Å². The number of oxime groups is 1. The first-order chi connectivity index (χ1) is 33.9. The molecule has 0 bridgehead atoms. The van der Waals surface area contributed by atoms with Crippen LogP contribution in [0.2, 0.25) is 0 Å². The number of benzene rings is 5. The molecule has 0 spiro atoms. The van der Waals surface area contributed by atoms with Gasteiger partial charge in [0.2, 0.25) is 12.1 Å². The highest BCUT2D eigenvalue weighted by Crippen LogP contribution is 2.62. The Labute approximate surface area is 406 Å². The zero-order chi connectivity index (χ0) is 47.6. The second-order valence-corrected chi connectivity index (χ2v) is 18.7. The van der Waals surface area contributed by atoms with Gasteiger partial charge < -0.3 is 38.7 Å². The third-order valence-corrected chi connectivity index (χ3v) is 14.4. The van der Waals surface area contributed by atoms with Crippen molar-refractivity contribution in [2.24, 2.45) is 22.9 Å². The predicted octanol–water partition coefficient (Wildman–Crippen LogP) is 12.2. The summed E-state index contributed by atoms with van der Waals surface area (Å²) in [4.78, 5) is 23.2. The molecule has 4 aliphatic rings. The van der Waals surface area contributed by atoms with Gasteiger partial charge in [-0.05, 0) is 120 Å². The van der Waals surface area contributed by atoms with Gasteiger partial charge in [0, 0.05) is 37.5 Å². The maximum Gasteiger partial charge on any atom is 0.410 e. The number of amides is 1. The number of carbonyl (C=O) groups is 1. The first-order valence-corrected chi connectivity index (χ1v) is 25.0. The Hall–Kier alpha value is -5.98. The maximum atomic E-state index is 15.1. The maximum absolute atomic E-state index is 15.1. The van der Waals surface area contributed by atoms with Crippen LogP contribution in [0.3, 0.4) is 0 Å². The van der Waals surface area contributed by atoms with E-state index in [1.165, 1.54) is 0 Å². The molecule has 2 N–H and O–H groups in total. The molecular formula is C58H66N2O9. The van der Waals surface area contributed by atoms with Crippen molar-refractivity contribution in [2.75, 3.05) is 33.0 Å². The number of rotatable bonds is 21. The van der Waals surface area contributed by atoms with Gasteiger partial charge >= 0.3 is 6.09 Å². The molecule has 9 rings (SSSR count). The van der Waals surface area contributed by atoms with Crippen LogP contribution in [0.25, 0.3) is 21.5 Å². The highest BCUT2D eigenvalue weighted by molar-refractivity contribution is 6.03. The van der Waals surface area contributed by atoms with Gasteiger partial charge in [-0.2, -0.15) is 0 Å². The largest absolute Gasteiger partial charge is 0.459 e. The van der Waals surface area contributed by atoms with E-state index in [1.54, 1.807) is 17.1 Å². The minimum absolute atomic E-state index is 0.0305. The lowest BCUT2D eigenvalue weighted by Gasteiger charge is -2.60. The summed E-state index contributed by atoms with van der Waals surface area (Å²) >= 11 is 0. The van der Waals surface area contributed by atoms with Crippen molar-refractivity contribution in [1.29, 1.82) is 0 Å². The van der Waals surface area contributed by atoms with Gasteiger partial charge in [0.25, 0.3) is 0 Å². The van der Waals surface area contributed by atoms with Crippen molar-refractivity contribution in [3.63, 3.8) is 0 Å². The van der Waals surface area contributed by atoms with Crippen LogP contribution in [-0.4, -0.2) is 78.1 Å². The lowest BCUT2D eigenvalue weighted by molar-refractivity contribution is -0.256. The van der Waals surface area contributed by atoms with Crippen molar-refractivity contribution in [3.8, 4) is 17.2 Å². The second-order valence-electron chi connectivity index (χ2n) is 18.7. The van der Waals surface area contributed by atoms with Crippen molar-refractivity contribution in [3.05, 3.63) is 151 Å². The zero-order valence-electron chi connectivity index (χ0n) is 39.6. The predicted molar refractivity (Wildman–Crippen MR) is 269 cm³/mol. The average Bonchev–Trinajstić information content (AvgIpc) is 3.38. The van der Waals surface area contributed by atoms with Crippen molar-refractivity contribution < 1.29 is 43.5 Å². The smallest absolute Gasteiger partial charge is 0.410 e. The number of aliphatic hydroxyl groups excluding tert-OH is 2. The zero-order valence-corrected chi connectivity index (χ0v) is 39.6. The highest BCUT2D eigenvalue weighted by Gasteiger charge is 2.66. The summed E-state index contributed by atoms with van der Waals surface area (Å²) in [7, 11) is 0. The fourth-order valence-corrected chi connectivity index (χ4v) is 11.2. The number of hydrogen-bond acceptors (Lipinski definition) is 10. The van der Waals surface area contributed by atoms with Crippen LogP contribution >= 0.6 is 0 Å². The monoisotopic (exact) mass is 934 g/mol. The van der Waals surface area contributed by atoms with Crippen LogP contribution in [0.1, 0.15) is 87.7 Å². The molecule has 69 heavy (non-hydrogen) atoms. The Balaban J connectivity index is 1.25. The normalized spacial score (nSPS) is 24.4. The summed E-state index contributed by atoms with van der Waals surface area (Å²) in [5.74, 6) is -0.136. The first-order valence-electron chi connectivity index (χ1n) is 25.0. The third-order valence-electron chi connectivity index (χ3n) is 14.4. The van der Waals surface area contributed by atoms with E-state index in [9.17, 15) is 10.2 Å². The molecule has 0 aromatic heterocycles. The minimum atomic E-state index is -1.48. The first kappa shape index (κ1) is 48.1. The number of carbonyl (C=O) groups excluding carboxylic acids is 1. The number of hydrogen-bond donors (Lipinski definition) is 2. The van der Waals surface area contributed by atoms with Gasteiger partial charge in [0.1, 0.15) is 23.3 Å². The molecule has 1 amide bonds. The highest BCUT2D eigenvalue weighted by atomic mass is 16.8. The van der Waals surface area contributed by atoms with E-state index in [0.717, 1.165) is 76.8 Å². The van der Waals surface area contributed by atoms with E-state index in [1.807, 2.05) is 48.5 Å². The molecule has 2 fully saturated rings. The summed E-state index contributed by atoms with van der Waals surface area (Å²) in [6, 6.07) is 33.9. The Morgan fingerprint density at radius 1 is 0.841 bits per heavy atom. The summed E-state index contributed by atoms with van der Waals surface area (Å²) in [6.45, 7) is 9.25. The quantitative estimate of drug-likeness (QED) is 0.0420. The number of ether oxygens (including phenoxy) is 5. The van der Waals surface area contributed by atoms with E-state index < -0.39 is 30.1 Å². The van der Waals surface area contributed by atoms with Gasteiger partial charge in [-0.25, -0.2) is 4.79 Å². The molecule has 362 valence electrons. The van der Waals surface area contributed by atoms with E-state index in [2.05, 4.69) is 73.8 Å². The Kier molecular flexibility index (Phi) is 15.8. The van der Waals surface area contributed by atoms with Crippen LogP contribution in [0, 0.1) is 17.8 Å². The van der Waals surface area contributed by atoms with Gasteiger partial charge in [0.05, 0.1) is 38.0 Å². The molecule has 2 aliphatic heterocycles. The van der Waals surface area contributed by atoms with E-state index in [4.69, 9.17) is 33.7 Å². The van der Waals surface area contributed by atoms with Crippen LogP contribution in [0.5, 0.6) is 17.2 Å². The molecule has 7 atom stereocenters. The van der Waals surface area contributed by atoms with Crippen LogP contribution < -0.4 is 9.47 Å². The number of fused-ring (bicyclic) bond motifs is 4. The molecule has 1 saturated heterocycles. The van der Waals surface area contributed by atoms with Gasteiger partial charge in [-0.1, -0.05) is 109 Å². The molecule has 11 heteroatoms. The van der Waals surface area contributed by atoms with Gasteiger partial charge in [-0.15, -0.1) is 13.2 Å². The number of nitrogens with zero attached hydrogens (tertiary/aromatic N) is 2. The minimum Gasteiger partial charge on any atom is -0.459 e. The van der Waals surface area contributed by atoms with Crippen molar-refractivity contribution >= 4 is 33.3 Å². The fraction of sp³-hybridized carbons (Fsp3) is 0.414. The Morgan fingerprint density at radius 3 is 2.41 bits per heavy atom. The van der Waals surface area contributed by atoms with Crippen molar-refractivity contribution in [1.82, 2.24) is 4.90 Å². The Morgan fingerprint density at radius 2 is 1.61 bits per heavy atom. The third kappa shape index (κ3) is 10.5. The molecule has 11 nitrogen and oxygen atoms in total. The lowest BCUT2D eigenvalue weighted by Crippen LogP contribution is -2.70. The van der Waals surface area contributed by atoms with Gasteiger partial charge in [0.15, 0.2) is 0 Å². The molecule has 7 unspecified atom stereocenters. The van der Waals surface area contributed by atoms with Crippen molar-refractivity contribution in [2.45, 2.75) is 101 Å². The summed E-state index contributed by atoms with van der Waals surface area (Å²) in [5, 5.41) is 29.5. The standard InChI is InChI=1S/C58H66N2O9/c1-3-5-33-65-57(63)60(39-44-22-16-21-41-18-8-9-23-47(41)44)53-38-51(59-69-54-25-12-15-34-64-54)49-36-43(20-10-13-30-61)48(24-11-14-31-62)55-50-37-46(67-45-27-26-40-17-6-7-19-42(40)35-45)28-29-52(50)68-58(53,56(49)55)66-32-4-2/h3-4,6-9,16-19,21-23,26-29,35-37,43,48,53-56,61-62H,1-2,5,10-15,20,24-25,30-34,38-39H2. The molecule has 1 saturated carbocycles. The molecule has 5 aromatic rings. The number of unbranched alkanes of at least 4 members (excludes halogenated alkanes) is 2. The summed E-state index contributed by atoms with van der Waals surface area (Å²) < 4.78 is 33.7. The van der Waals surface area contributed by atoms with E-state index in [-0.39, 0.29) is 57.1 Å². The van der Waals surface area contributed by atoms with Crippen LogP contribution in [0.4, 0.5) is 4.79 Å². The van der Waals surface area contributed by atoms with E-state index in [0.29, 0.717) is 55.3 Å². The molecule has 5 aromatic carbocycles. The van der Waals surface area contributed by atoms with Gasteiger partial charge in [-0.3, -0.25) is 4.90 Å². The molecule has 2 aliphatic carbocycles. The molecular weight excluding hydrogens is 869 g/mol. The summed E-state index contributed by atoms with van der Waals surface area (Å²) in [6.07, 6.45) is 12.7. The lowest BCUT2D eigenvalue weighted by atomic mass is 9.55. The van der Waals surface area contributed by atoms with Crippen LogP contribution in [-0.2, 0) is 25.6 Å². The summed E-state index contributed by atoms with van der Waals surface area (Å²) in [5.41, 5.74) is 3.55. The molecule has 2 heterocycles. The number of aliphatic hydroxyl groups is 2. The second kappa shape index (κ2) is 22.6. The topological polar surface area (TPSA) is 129 Å².